The second-order valence-corrected chi connectivity index (χ2v) is 5.57. The summed E-state index contributed by atoms with van der Waals surface area (Å²) in [6, 6.07) is 21.4. The molecule has 96 valence electrons. The Morgan fingerprint density at radius 2 is 1.50 bits per heavy atom. The van der Waals surface area contributed by atoms with E-state index in [0.29, 0.717) is 0 Å². The molecule has 1 atom stereocenters. The molecule has 4 rings (SSSR count). The van der Waals surface area contributed by atoms with E-state index in [-0.39, 0.29) is 5.38 Å². The topological polar surface area (TPSA) is 0 Å². The Kier molecular flexibility index (Phi) is 2.64. The number of halogens is 1. The van der Waals surface area contributed by atoms with Crippen LogP contribution >= 0.6 is 11.6 Å². The van der Waals surface area contributed by atoms with Gasteiger partial charge in [0, 0.05) is 0 Å². The van der Waals surface area contributed by atoms with E-state index in [9.17, 15) is 0 Å². The van der Waals surface area contributed by atoms with Crippen molar-refractivity contribution >= 4 is 28.4 Å². The Morgan fingerprint density at radius 3 is 2.45 bits per heavy atom. The molecule has 0 aromatic heterocycles. The number of alkyl halides is 1. The van der Waals surface area contributed by atoms with Gasteiger partial charge in [0.05, 0.1) is 5.38 Å². The van der Waals surface area contributed by atoms with Gasteiger partial charge in [-0.25, -0.2) is 0 Å². The molecule has 3 aromatic rings. The smallest absolute Gasteiger partial charge is 0.0775 e. The quantitative estimate of drug-likeness (QED) is 0.492. The van der Waals surface area contributed by atoms with Crippen LogP contribution in [0.5, 0.6) is 0 Å². The minimum atomic E-state index is -0.0000681. The molecule has 1 unspecified atom stereocenters. The monoisotopic (exact) mass is 276 g/mol. The molecule has 0 spiro atoms. The van der Waals surface area contributed by atoms with Crippen LogP contribution in [0.1, 0.15) is 16.5 Å². The third kappa shape index (κ3) is 1.69. The summed E-state index contributed by atoms with van der Waals surface area (Å²) in [5, 5.41) is 2.56. The van der Waals surface area contributed by atoms with Gasteiger partial charge in [-0.1, -0.05) is 72.8 Å². The Balaban J connectivity index is 2.04. The highest BCUT2D eigenvalue weighted by atomic mass is 35.5. The van der Waals surface area contributed by atoms with Crippen molar-refractivity contribution in [2.45, 2.75) is 5.38 Å². The van der Waals surface area contributed by atoms with Crippen LogP contribution in [0, 0.1) is 0 Å². The van der Waals surface area contributed by atoms with Crippen molar-refractivity contribution in [1.29, 1.82) is 0 Å². The van der Waals surface area contributed by atoms with Crippen LogP contribution < -0.4 is 0 Å². The predicted octanol–water partition coefficient (Wildman–Crippen LogP) is 5.81. The van der Waals surface area contributed by atoms with E-state index in [1.807, 2.05) is 0 Å². The van der Waals surface area contributed by atoms with Crippen molar-refractivity contribution in [2.75, 3.05) is 0 Å². The molecule has 0 N–H and O–H groups in total. The van der Waals surface area contributed by atoms with Gasteiger partial charge in [-0.3, -0.25) is 0 Å². The zero-order valence-corrected chi connectivity index (χ0v) is 11.6. The first kappa shape index (κ1) is 11.7. The van der Waals surface area contributed by atoms with Crippen molar-refractivity contribution in [3.05, 3.63) is 77.9 Å². The summed E-state index contributed by atoms with van der Waals surface area (Å²) in [7, 11) is 0. The second kappa shape index (κ2) is 4.50. The standard InChI is InChI=1S/C19H13Cl/c20-19-12-11-17-16(9-4-10-18(17)19)15-8-3-6-13-5-1-2-7-14(13)15/h1-12,19H. The summed E-state index contributed by atoms with van der Waals surface area (Å²) in [5.41, 5.74) is 5.00. The lowest BCUT2D eigenvalue weighted by Gasteiger charge is -2.12. The molecule has 0 saturated heterocycles. The molecule has 20 heavy (non-hydrogen) atoms. The van der Waals surface area contributed by atoms with Crippen LogP contribution in [0.3, 0.4) is 0 Å². The van der Waals surface area contributed by atoms with Crippen molar-refractivity contribution in [2.24, 2.45) is 0 Å². The normalized spacial score (nSPS) is 16.6. The Labute approximate surface area is 123 Å². The zero-order chi connectivity index (χ0) is 13.5. The third-order valence-electron chi connectivity index (χ3n) is 3.95. The van der Waals surface area contributed by atoms with Crippen LogP contribution in [0.2, 0.25) is 0 Å². The number of allylic oxidation sites excluding steroid dienone is 1. The summed E-state index contributed by atoms with van der Waals surface area (Å²) in [5.74, 6) is 0. The minimum absolute atomic E-state index is 0.0000681. The van der Waals surface area contributed by atoms with Crippen LogP contribution in [-0.2, 0) is 0 Å². The van der Waals surface area contributed by atoms with Gasteiger partial charge in [0.15, 0.2) is 0 Å². The molecule has 0 aliphatic heterocycles. The average Bonchev–Trinajstić information content (AvgIpc) is 2.88. The Hall–Kier alpha value is -2.05. The lowest BCUT2D eigenvalue weighted by atomic mass is 9.93. The van der Waals surface area contributed by atoms with Gasteiger partial charge in [0.25, 0.3) is 0 Å². The first-order chi connectivity index (χ1) is 9.84. The van der Waals surface area contributed by atoms with E-state index in [1.54, 1.807) is 0 Å². The molecule has 0 amide bonds. The summed E-state index contributed by atoms with van der Waals surface area (Å²) < 4.78 is 0. The first-order valence-electron chi connectivity index (χ1n) is 6.78. The summed E-state index contributed by atoms with van der Waals surface area (Å²) in [6.07, 6.45) is 4.20. The van der Waals surface area contributed by atoms with E-state index >= 15 is 0 Å². The van der Waals surface area contributed by atoms with E-state index < -0.39 is 0 Å². The van der Waals surface area contributed by atoms with Gasteiger partial charge in [-0.2, -0.15) is 0 Å². The lowest BCUT2D eigenvalue weighted by molar-refractivity contribution is 1.25. The van der Waals surface area contributed by atoms with Crippen molar-refractivity contribution in [3.63, 3.8) is 0 Å². The van der Waals surface area contributed by atoms with Gasteiger partial charge >= 0.3 is 0 Å². The fraction of sp³-hybridized carbons (Fsp3) is 0.0526. The molecular formula is C19H13Cl. The van der Waals surface area contributed by atoms with Gasteiger partial charge < -0.3 is 0 Å². The lowest BCUT2D eigenvalue weighted by Crippen LogP contribution is -1.89. The van der Waals surface area contributed by atoms with Gasteiger partial charge in [-0.15, -0.1) is 11.6 Å². The van der Waals surface area contributed by atoms with Crippen LogP contribution in [0.25, 0.3) is 28.0 Å². The summed E-state index contributed by atoms with van der Waals surface area (Å²) >= 11 is 6.33. The van der Waals surface area contributed by atoms with Crippen LogP contribution in [0.15, 0.2) is 66.7 Å². The van der Waals surface area contributed by atoms with Crippen LogP contribution in [-0.4, -0.2) is 0 Å². The molecule has 0 heterocycles. The van der Waals surface area contributed by atoms with E-state index in [2.05, 4.69) is 72.8 Å². The van der Waals surface area contributed by atoms with E-state index in [1.165, 1.54) is 33.0 Å². The number of fused-ring (bicyclic) bond motifs is 2. The Bertz CT molecular complexity index is 825. The highest BCUT2D eigenvalue weighted by Crippen LogP contribution is 2.40. The molecule has 1 heteroatoms. The number of rotatable bonds is 1. The van der Waals surface area contributed by atoms with Crippen molar-refractivity contribution in [1.82, 2.24) is 0 Å². The Morgan fingerprint density at radius 1 is 0.750 bits per heavy atom. The number of hydrogen-bond donors (Lipinski definition) is 0. The number of benzene rings is 3. The highest BCUT2D eigenvalue weighted by Gasteiger charge is 2.18. The first-order valence-corrected chi connectivity index (χ1v) is 7.21. The average molecular weight is 277 g/mol. The number of hydrogen-bond acceptors (Lipinski definition) is 0. The van der Waals surface area contributed by atoms with Gasteiger partial charge in [0.2, 0.25) is 0 Å². The largest absolute Gasteiger partial charge is 0.113 e. The van der Waals surface area contributed by atoms with E-state index in [0.717, 1.165) is 0 Å². The fourth-order valence-electron chi connectivity index (χ4n) is 2.99. The molecule has 0 saturated carbocycles. The van der Waals surface area contributed by atoms with Crippen LogP contribution in [0.4, 0.5) is 0 Å². The minimum Gasteiger partial charge on any atom is -0.113 e. The molecule has 0 nitrogen and oxygen atoms in total. The highest BCUT2D eigenvalue weighted by molar-refractivity contribution is 6.23. The van der Waals surface area contributed by atoms with Gasteiger partial charge in [-0.05, 0) is 33.0 Å². The van der Waals surface area contributed by atoms with Crippen molar-refractivity contribution < 1.29 is 0 Å². The summed E-state index contributed by atoms with van der Waals surface area (Å²) in [4.78, 5) is 0. The fourth-order valence-corrected chi connectivity index (χ4v) is 3.25. The zero-order valence-electron chi connectivity index (χ0n) is 10.9. The maximum Gasteiger partial charge on any atom is 0.0775 e. The molecule has 3 aromatic carbocycles. The van der Waals surface area contributed by atoms with Crippen molar-refractivity contribution in [3.8, 4) is 11.1 Å². The van der Waals surface area contributed by atoms with Gasteiger partial charge in [0.1, 0.15) is 0 Å². The molecule has 1 aliphatic carbocycles. The maximum absolute atomic E-state index is 6.33. The van der Waals surface area contributed by atoms with E-state index in [4.69, 9.17) is 11.6 Å². The molecule has 1 aliphatic rings. The third-order valence-corrected chi connectivity index (χ3v) is 4.33. The molecule has 0 bridgehead atoms. The SMILES string of the molecule is ClC1C=Cc2c(-c3cccc4ccccc34)cccc21. The molecule has 0 fully saturated rings. The predicted molar refractivity (Wildman–Crippen MR) is 87.0 cm³/mol. The molecule has 0 radical (unpaired) electrons. The molecular weight excluding hydrogens is 264 g/mol. The maximum atomic E-state index is 6.33. The summed E-state index contributed by atoms with van der Waals surface area (Å²) in [6.45, 7) is 0. The second-order valence-electron chi connectivity index (χ2n) is 5.10.